The van der Waals surface area contributed by atoms with Crippen molar-refractivity contribution in [2.45, 2.75) is 5.25 Å². The molecule has 3 nitrogen and oxygen atoms in total. The molecule has 1 unspecified atom stereocenters. The molecule has 0 amide bonds. The molecular weight excluding hydrogens is 200 g/mol. The molecule has 0 bridgehead atoms. The number of rotatable bonds is 3. The lowest BCUT2D eigenvalue weighted by atomic mass is 10.1. The smallest absolute Gasteiger partial charge is 0.337 e. The van der Waals surface area contributed by atoms with Crippen LogP contribution in [0.4, 0.5) is 0 Å². The molecule has 1 rings (SSSR count). The summed E-state index contributed by atoms with van der Waals surface area (Å²) in [6.45, 7) is 0. The molecule has 0 aliphatic heterocycles. The van der Waals surface area contributed by atoms with Crippen LogP contribution in [0.1, 0.15) is 21.2 Å². The second-order valence-electron chi connectivity index (χ2n) is 2.69. The van der Waals surface area contributed by atoms with Crippen LogP contribution in [0.25, 0.3) is 0 Å². The second kappa shape index (κ2) is 4.81. The van der Waals surface area contributed by atoms with E-state index in [9.17, 15) is 9.59 Å². The Balaban J connectivity index is 2.88. The van der Waals surface area contributed by atoms with Gasteiger partial charge in [-0.1, -0.05) is 12.1 Å². The maximum absolute atomic E-state index is 11.1. The molecular formula is C10H10O3S. The number of hydrogen-bond donors (Lipinski definition) is 1. The van der Waals surface area contributed by atoms with Gasteiger partial charge in [0, 0.05) is 0 Å². The molecule has 0 saturated carbocycles. The lowest BCUT2D eigenvalue weighted by molar-refractivity contribution is -0.107. The molecule has 74 valence electrons. The van der Waals surface area contributed by atoms with E-state index >= 15 is 0 Å². The first-order valence-corrected chi connectivity index (χ1v) is 4.52. The highest BCUT2D eigenvalue weighted by molar-refractivity contribution is 7.81. The van der Waals surface area contributed by atoms with Gasteiger partial charge in [0.2, 0.25) is 0 Å². The normalized spacial score (nSPS) is 11.9. The van der Waals surface area contributed by atoms with Crippen molar-refractivity contribution < 1.29 is 14.3 Å². The lowest BCUT2D eigenvalue weighted by Gasteiger charge is -2.04. The number of benzene rings is 1. The average molecular weight is 210 g/mol. The number of thiol groups is 1. The zero-order valence-electron chi connectivity index (χ0n) is 7.64. The van der Waals surface area contributed by atoms with Crippen molar-refractivity contribution in [2.75, 3.05) is 7.11 Å². The summed E-state index contributed by atoms with van der Waals surface area (Å²) in [5, 5.41) is -0.443. The SMILES string of the molecule is COC(=O)c1ccc(C(S)C=O)cc1. The molecule has 1 aromatic carbocycles. The van der Waals surface area contributed by atoms with Crippen LogP contribution in [0.15, 0.2) is 24.3 Å². The minimum Gasteiger partial charge on any atom is -0.465 e. The monoisotopic (exact) mass is 210 g/mol. The summed E-state index contributed by atoms with van der Waals surface area (Å²) >= 11 is 4.04. The van der Waals surface area contributed by atoms with Gasteiger partial charge in [-0.25, -0.2) is 4.79 Å². The van der Waals surface area contributed by atoms with E-state index in [-0.39, 0.29) is 0 Å². The molecule has 0 saturated heterocycles. The minimum absolute atomic E-state index is 0.390. The van der Waals surface area contributed by atoms with Crippen molar-refractivity contribution in [3.63, 3.8) is 0 Å². The van der Waals surface area contributed by atoms with Crippen LogP contribution in [-0.4, -0.2) is 19.4 Å². The maximum atomic E-state index is 11.1. The fourth-order valence-electron chi connectivity index (χ4n) is 1.01. The van der Waals surface area contributed by atoms with Crippen molar-refractivity contribution in [3.05, 3.63) is 35.4 Å². The molecule has 1 atom stereocenters. The first kappa shape index (κ1) is 10.8. The Hall–Kier alpha value is -1.29. The molecule has 0 N–H and O–H groups in total. The second-order valence-corrected chi connectivity index (χ2v) is 3.25. The Labute approximate surface area is 87.5 Å². The largest absolute Gasteiger partial charge is 0.465 e. The highest BCUT2D eigenvalue weighted by Crippen LogP contribution is 2.17. The third-order valence-electron chi connectivity index (χ3n) is 1.80. The van der Waals surface area contributed by atoms with Crippen molar-refractivity contribution in [1.29, 1.82) is 0 Å². The Morgan fingerprint density at radius 1 is 1.43 bits per heavy atom. The zero-order valence-corrected chi connectivity index (χ0v) is 8.53. The summed E-state index contributed by atoms with van der Waals surface area (Å²) in [6.07, 6.45) is 0.732. The van der Waals surface area contributed by atoms with Gasteiger partial charge in [-0.3, -0.25) is 0 Å². The van der Waals surface area contributed by atoms with Crippen molar-refractivity contribution in [2.24, 2.45) is 0 Å². The number of methoxy groups -OCH3 is 1. The van der Waals surface area contributed by atoms with Crippen LogP contribution in [0.2, 0.25) is 0 Å². The van der Waals surface area contributed by atoms with Gasteiger partial charge >= 0.3 is 5.97 Å². The molecule has 0 radical (unpaired) electrons. The number of carbonyl (C=O) groups is 2. The van der Waals surface area contributed by atoms with Gasteiger partial charge in [0.05, 0.1) is 17.9 Å². The Kier molecular flexibility index (Phi) is 3.71. The Morgan fingerprint density at radius 3 is 2.43 bits per heavy atom. The molecule has 0 spiro atoms. The number of ether oxygens (including phenoxy) is 1. The summed E-state index contributed by atoms with van der Waals surface area (Å²) in [7, 11) is 1.32. The van der Waals surface area contributed by atoms with Crippen molar-refractivity contribution in [3.8, 4) is 0 Å². The fourth-order valence-corrected chi connectivity index (χ4v) is 1.18. The molecule has 1 aromatic rings. The van der Waals surface area contributed by atoms with Crippen LogP contribution < -0.4 is 0 Å². The van der Waals surface area contributed by atoms with Gasteiger partial charge < -0.3 is 9.53 Å². The van der Waals surface area contributed by atoms with Crippen LogP contribution in [0.3, 0.4) is 0 Å². The Bertz CT molecular complexity index is 332. The first-order chi connectivity index (χ1) is 6.69. The topological polar surface area (TPSA) is 43.4 Å². The van der Waals surface area contributed by atoms with Gasteiger partial charge in [-0.05, 0) is 17.7 Å². The van der Waals surface area contributed by atoms with Gasteiger partial charge in [-0.2, -0.15) is 12.6 Å². The van der Waals surface area contributed by atoms with E-state index in [1.807, 2.05) is 0 Å². The van der Waals surface area contributed by atoms with Crippen molar-refractivity contribution >= 4 is 24.9 Å². The number of esters is 1. The quantitative estimate of drug-likeness (QED) is 0.468. The Morgan fingerprint density at radius 2 is 2.00 bits per heavy atom. The summed E-state index contributed by atoms with van der Waals surface area (Å²) in [4.78, 5) is 21.5. The number of aldehydes is 1. The third-order valence-corrected chi connectivity index (χ3v) is 2.22. The van der Waals surface area contributed by atoms with E-state index in [0.717, 1.165) is 11.8 Å². The first-order valence-electron chi connectivity index (χ1n) is 4.00. The van der Waals surface area contributed by atoms with E-state index in [1.165, 1.54) is 7.11 Å². The van der Waals surface area contributed by atoms with Gasteiger partial charge in [-0.15, -0.1) is 0 Å². The summed E-state index contributed by atoms with van der Waals surface area (Å²) in [5.74, 6) is -0.390. The van der Waals surface area contributed by atoms with Crippen LogP contribution >= 0.6 is 12.6 Å². The predicted octanol–water partition coefficient (Wildman–Crippen LogP) is 1.64. The maximum Gasteiger partial charge on any atom is 0.337 e. The average Bonchev–Trinajstić information content (AvgIpc) is 2.27. The van der Waals surface area contributed by atoms with E-state index in [1.54, 1.807) is 24.3 Å². The highest BCUT2D eigenvalue weighted by atomic mass is 32.1. The molecule has 0 aliphatic carbocycles. The van der Waals surface area contributed by atoms with Crippen LogP contribution in [0, 0.1) is 0 Å². The van der Waals surface area contributed by atoms with Crippen molar-refractivity contribution in [1.82, 2.24) is 0 Å². The van der Waals surface area contributed by atoms with E-state index in [0.29, 0.717) is 5.56 Å². The molecule has 0 aliphatic rings. The zero-order chi connectivity index (χ0) is 10.6. The molecule has 0 fully saturated rings. The van der Waals surface area contributed by atoms with E-state index in [4.69, 9.17) is 0 Å². The summed E-state index contributed by atoms with van der Waals surface area (Å²) in [6, 6.07) is 6.57. The predicted molar refractivity (Wildman–Crippen MR) is 55.6 cm³/mol. The summed E-state index contributed by atoms with van der Waals surface area (Å²) in [5.41, 5.74) is 1.22. The van der Waals surface area contributed by atoms with Crippen LogP contribution in [0.5, 0.6) is 0 Å². The molecule has 14 heavy (non-hydrogen) atoms. The summed E-state index contributed by atoms with van der Waals surface area (Å²) < 4.78 is 4.54. The third kappa shape index (κ3) is 2.35. The van der Waals surface area contributed by atoms with Crippen LogP contribution in [-0.2, 0) is 9.53 Å². The standard InChI is InChI=1S/C10H10O3S/c1-13-10(12)8-4-2-7(3-5-8)9(14)6-11/h2-6,9,14H,1H3. The minimum atomic E-state index is -0.443. The fraction of sp³-hybridized carbons (Fsp3) is 0.200. The molecule has 4 heteroatoms. The highest BCUT2D eigenvalue weighted by Gasteiger charge is 2.07. The van der Waals surface area contributed by atoms with E-state index < -0.39 is 11.2 Å². The number of hydrogen-bond acceptors (Lipinski definition) is 4. The van der Waals surface area contributed by atoms with Gasteiger partial charge in [0.25, 0.3) is 0 Å². The molecule has 0 aromatic heterocycles. The lowest BCUT2D eigenvalue weighted by Crippen LogP contribution is -2.01. The van der Waals surface area contributed by atoms with Gasteiger partial charge in [0.1, 0.15) is 6.29 Å². The number of carbonyl (C=O) groups excluding carboxylic acids is 2. The van der Waals surface area contributed by atoms with Gasteiger partial charge in [0.15, 0.2) is 0 Å². The van der Waals surface area contributed by atoms with E-state index in [2.05, 4.69) is 17.4 Å². The molecule has 0 heterocycles.